The molecule has 1 saturated heterocycles. The lowest BCUT2D eigenvalue weighted by molar-refractivity contribution is -0.0627. The number of aromatic nitrogens is 2. The molecular weight excluding hydrogens is 184 g/mol. The molecule has 0 spiro atoms. The molecule has 1 aromatic rings. The molecule has 2 rings (SSSR count). The largest absolute Gasteiger partial charge is 0.379 e. The fraction of sp³-hybridized carbons (Fsp3) is 0.667. The van der Waals surface area contributed by atoms with Crippen molar-refractivity contribution in [2.24, 2.45) is 7.05 Å². The second-order valence-electron chi connectivity index (χ2n) is 3.56. The molecule has 1 aliphatic heterocycles. The van der Waals surface area contributed by atoms with Gasteiger partial charge in [-0.05, 0) is 0 Å². The second kappa shape index (κ2) is 3.68. The lowest BCUT2D eigenvalue weighted by Crippen LogP contribution is -2.35. The van der Waals surface area contributed by atoms with Gasteiger partial charge in [0.15, 0.2) is 5.60 Å². The van der Waals surface area contributed by atoms with Crippen molar-refractivity contribution in [1.82, 2.24) is 9.55 Å². The molecule has 0 bridgehead atoms. The lowest BCUT2D eigenvalue weighted by Gasteiger charge is -2.22. The molecule has 14 heavy (non-hydrogen) atoms. The molecule has 0 amide bonds. The fourth-order valence-corrected chi connectivity index (χ4v) is 1.44. The van der Waals surface area contributed by atoms with Gasteiger partial charge in [0.05, 0.1) is 38.4 Å². The zero-order valence-electron chi connectivity index (χ0n) is 8.14. The summed E-state index contributed by atoms with van der Waals surface area (Å²) < 4.78 is 12.3. The van der Waals surface area contributed by atoms with E-state index in [0.717, 1.165) is 0 Å². The zero-order chi connectivity index (χ0) is 10.0. The summed E-state index contributed by atoms with van der Waals surface area (Å²) in [5.41, 5.74) is -0.500. The van der Waals surface area contributed by atoms with Crippen molar-refractivity contribution in [2.75, 3.05) is 26.4 Å². The first kappa shape index (κ1) is 9.64. The minimum absolute atomic E-state index is 0.240. The number of rotatable bonds is 1. The van der Waals surface area contributed by atoms with Crippen LogP contribution in [0.25, 0.3) is 0 Å². The summed E-state index contributed by atoms with van der Waals surface area (Å²) in [6.07, 6.45) is 3.43. The molecule has 0 aromatic carbocycles. The molecule has 1 aromatic heterocycles. The molecule has 1 fully saturated rings. The normalized spacial score (nSPS) is 21.9. The molecule has 5 heteroatoms. The van der Waals surface area contributed by atoms with E-state index in [9.17, 15) is 5.11 Å². The Hall–Kier alpha value is -0.910. The molecule has 0 unspecified atom stereocenters. The van der Waals surface area contributed by atoms with Crippen LogP contribution in [0, 0.1) is 0 Å². The van der Waals surface area contributed by atoms with Gasteiger partial charge >= 0.3 is 0 Å². The quantitative estimate of drug-likeness (QED) is 0.670. The van der Waals surface area contributed by atoms with E-state index in [4.69, 9.17) is 9.47 Å². The second-order valence-corrected chi connectivity index (χ2v) is 3.56. The van der Waals surface area contributed by atoms with Crippen LogP contribution in [-0.2, 0) is 22.1 Å². The summed E-state index contributed by atoms with van der Waals surface area (Å²) in [7, 11) is 1.86. The highest BCUT2D eigenvalue weighted by atomic mass is 16.6. The van der Waals surface area contributed by atoms with E-state index in [1.54, 1.807) is 17.1 Å². The van der Waals surface area contributed by atoms with Crippen molar-refractivity contribution in [3.8, 4) is 0 Å². The molecule has 0 radical (unpaired) electrons. The Morgan fingerprint density at radius 2 is 2.07 bits per heavy atom. The van der Waals surface area contributed by atoms with Crippen LogP contribution in [0.5, 0.6) is 0 Å². The Kier molecular flexibility index (Phi) is 2.54. The van der Waals surface area contributed by atoms with E-state index in [0.29, 0.717) is 18.9 Å². The van der Waals surface area contributed by atoms with Crippen LogP contribution >= 0.6 is 0 Å². The highest BCUT2D eigenvalue weighted by Gasteiger charge is 2.34. The minimum Gasteiger partial charge on any atom is -0.379 e. The molecule has 5 nitrogen and oxygen atoms in total. The van der Waals surface area contributed by atoms with Gasteiger partial charge in [0.25, 0.3) is 0 Å². The van der Waals surface area contributed by atoms with E-state index < -0.39 is 5.60 Å². The topological polar surface area (TPSA) is 56.5 Å². The standard InChI is InChI=1S/C9H14N2O3/c1-11-4-8(10-7-11)9(12)5-13-2-3-14-6-9/h4,7,12H,2-3,5-6H2,1H3. The minimum atomic E-state index is -1.10. The summed E-state index contributed by atoms with van der Waals surface area (Å²) in [5, 5.41) is 10.2. The van der Waals surface area contributed by atoms with Crippen LogP contribution in [0.3, 0.4) is 0 Å². The Balaban J connectivity index is 2.20. The van der Waals surface area contributed by atoms with Crippen LogP contribution in [0.2, 0.25) is 0 Å². The van der Waals surface area contributed by atoms with Crippen LogP contribution in [0.1, 0.15) is 5.69 Å². The van der Waals surface area contributed by atoms with Gasteiger partial charge < -0.3 is 19.1 Å². The molecule has 0 aliphatic carbocycles. The van der Waals surface area contributed by atoms with E-state index >= 15 is 0 Å². The maximum Gasteiger partial charge on any atom is 0.154 e. The highest BCUT2D eigenvalue weighted by Crippen LogP contribution is 2.21. The molecule has 78 valence electrons. The number of aryl methyl sites for hydroxylation is 1. The summed E-state index contributed by atoms with van der Waals surface area (Å²) in [6.45, 7) is 1.53. The number of hydrogen-bond acceptors (Lipinski definition) is 4. The zero-order valence-corrected chi connectivity index (χ0v) is 8.14. The van der Waals surface area contributed by atoms with Crippen LogP contribution in [0.15, 0.2) is 12.5 Å². The van der Waals surface area contributed by atoms with Crippen LogP contribution < -0.4 is 0 Å². The Morgan fingerprint density at radius 1 is 1.43 bits per heavy atom. The number of hydrogen-bond donors (Lipinski definition) is 1. The third-order valence-electron chi connectivity index (χ3n) is 2.24. The van der Waals surface area contributed by atoms with Crippen molar-refractivity contribution < 1.29 is 14.6 Å². The Morgan fingerprint density at radius 3 is 2.57 bits per heavy atom. The molecule has 0 atom stereocenters. The van der Waals surface area contributed by atoms with Gasteiger partial charge in [-0.25, -0.2) is 4.98 Å². The Bertz CT molecular complexity index is 303. The maximum atomic E-state index is 10.2. The highest BCUT2D eigenvalue weighted by molar-refractivity contribution is 5.09. The summed E-state index contributed by atoms with van der Waals surface area (Å²) >= 11 is 0. The van der Waals surface area contributed by atoms with Crippen molar-refractivity contribution in [3.63, 3.8) is 0 Å². The lowest BCUT2D eigenvalue weighted by atomic mass is 10.0. The summed E-state index contributed by atoms with van der Waals surface area (Å²) in [4.78, 5) is 4.11. The Labute approximate surface area is 82.3 Å². The van der Waals surface area contributed by atoms with Gasteiger partial charge in [0.1, 0.15) is 0 Å². The smallest absolute Gasteiger partial charge is 0.154 e. The van der Waals surface area contributed by atoms with Gasteiger partial charge in [-0.3, -0.25) is 0 Å². The first-order chi connectivity index (χ1) is 6.71. The number of imidazole rings is 1. The predicted molar refractivity (Wildman–Crippen MR) is 48.7 cm³/mol. The monoisotopic (exact) mass is 198 g/mol. The number of ether oxygens (including phenoxy) is 2. The van der Waals surface area contributed by atoms with Crippen molar-refractivity contribution in [2.45, 2.75) is 5.60 Å². The van der Waals surface area contributed by atoms with E-state index in [1.807, 2.05) is 7.05 Å². The summed E-state index contributed by atoms with van der Waals surface area (Å²) in [5.74, 6) is 0. The van der Waals surface area contributed by atoms with E-state index in [1.165, 1.54) is 0 Å². The fourth-order valence-electron chi connectivity index (χ4n) is 1.44. The van der Waals surface area contributed by atoms with Gasteiger partial charge in [-0.1, -0.05) is 0 Å². The first-order valence-corrected chi connectivity index (χ1v) is 4.57. The number of aliphatic hydroxyl groups is 1. The molecule has 1 aliphatic rings. The van der Waals surface area contributed by atoms with Gasteiger partial charge in [0.2, 0.25) is 0 Å². The van der Waals surface area contributed by atoms with Gasteiger partial charge in [0, 0.05) is 13.2 Å². The molecular formula is C9H14N2O3. The van der Waals surface area contributed by atoms with Gasteiger partial charge in [-0.2, -0.15) is 0 Å². The third kappa shape index (κ3) is 1.79. The van der Waals surface area contributed by atoms with Crippen molar-refractivity contribution in [3.05, 3.63) is 18.2 Å². The van der Waals surface area contributed by atoms with Gasteiger partial charge in [-0.15, -0.1) is 0 Å². The first-order valence-electron chi connectivity index (χ1n) is 4.57. The van der Waals surface area contributed by atoms with Crippen LogP contribution in [0.4, 0.5) is 0 Å². The van der Waals surface area contributed by atoms with E-state index in [-0.39, 0.29) is 13.2 Å². The average molecular weight is 198 g/mol. The van der Waals surface area contributed by atoms with Crippen molar-refractivity contribution in [1.29, 1.82) is 0 Å². The van der Waals surface area contributed by atoms with E-state index in [2.05, 4.69) is 4.98 Å². The molecule has 2 heterocycles. The maximum absolute atomic E-state index is 10.2. The third-order valence-corrected chi connectivity index (χ3v) is 2.24. The van der Waals surface area contributed by atoms with Crippen LogP contribution in [-0.4, -0.2) is 41.1 Å². The number of nitrogens with zero attached hydrogens (tertiary/aromatic N) is 2. The van der Waals surface area contributed by atoms with Crippen molar-refractivity contribution >= 4 is 0 Å². The molecule has 1 N–H and O–H groups in total. The summed E-state index contributed by atoms with van der Waals surface area (Å²) in [6, 6.07) is 0. The predicted octanol–water partition coefficient (Wildman–Crippen LogP) is -0.346. The SMILES string of the molecule is Cn1cnc(C2(O)COCCOC2)c1. The molecule has 0 saturated carbocycles. The average Bonchev–Trinajstić information content (AvgIpc) is 2.47.